The third kappa shape index (κ3) is 4.29. The molecule has 1 fully saturated rings. The Bertz CT molecular complexity index is 122. The molecule has 0 amide bonds. The van der Waals surface area contributed by atoms with E-state index < -0.39 is 0 Å². The van der Waals surface area contributed by atoms with Gasteiger partial charge in [-0.25, -0.2) is 0 Å². The number of terminal acetylenes is 1. The first-order valence-electron chi connectivity index (χ1n) is 4.07. The van der Waals surface area contributed by atoms with Crippen LogP contribution < -0.4 is 5.32 Å². The third-order valence-corrected chi connectivity index (χ3v) is 2.16. The van der Waals surface area contributed by atoms with Gasteiger partial charge in [-0.2, -0.15) is 0 Å². The summed E-state index contributed by atoms with van der Waals surface area (Å²) in [5.41, 5.74) is 0. The maximum absolute atomic E-state index is 5.18. The zero-order valence-corrected chi connectivity index (χ0v) is 7.62. The fourth-order valence-electron chi connectivity index (χ4n) is 1.46. The molecule has 0 aromatic carbocycles. The van der Waals surface area contributed by atoms with Crippen molar-refractivity contribution in [3.63, 3.8) is 0 Å². The molecule has 0 bridgehead atoms. The van der Waals surface area contributed by atoms with Crippen molar-refractivity contribution >= 4 is 12.4 Å². The Morgan fingerprint density at radius 2 is 2.00 bits per heavy atom. The van der Waals surface area contributed by atoms with Gasteiger partial charge in [-0.15, -0.1) is 24.8 Å². The minimum absolute atomic E-state index is 0. The van der Waals surface area contributed by atoms with E-state index in [0.29, 0.717) is 0 Å². The van der Waals surface area contributed by atoms with Gasteiger partial charge in [-0.05, 0) is 38.3 Å². The summed E-state index contributed by atoms with van der Waals surface area (Å²) in [4.78, 5) is 0. The maximum Gasteiger partial charge on any atom is 0.00887 e. The molecular formula is C9H16ClN. The minimum Gasteiger partial charge on any atom is -0.317 e. The highest BCUT2D eigenvalue weighted by molar-refractivity contribution is 5.85. The molecule has 1 heterocycles. The number of halogens is 1. The van der Waals surface area contributed by atoms with Gasteiger partial charge < -0.3 is 5.32 Å². The van der Waals surface area contributed by atoms with E-state index in [0.717, 1.165) is 12.3 Å². The predicted molar refractivity (Wildman–Crippen MR) is 50.9 cm³/mol. The molecule has 1 rings (SSSR count). The van der Waals surface area contributed by atoms with E-state index in [1.165, 1.54) is 32.4 Å². The second kappa shape index (κ2) is 6.52. The molecule has 0 atom stereocenters. The molecule has 0 aromatic rings. The predicted octanol–water partition coefficient (Wildman–Crippen LogP) is 1.82. The van der Waals surface area contributed by atoms with Gasteiger partial charge in [0.1, 0.15) is 0 Å². The average molecular weight is 174 g/mol. The topological polar surface area (TPSA) is 12.0 Å². The van der Waals surface area contributed by atoms with Crippen molar-refractivity contribution < 1.29 is 0 Å². The molecular weight excluding hydrogens is 158 g/mol. The molecule has 1 aliphatic heterocycles. The summed E-state index contributed by atoms with van der Waals surface area (Å²) in [6.07, 6.45) is 10.0. The van der Waals surface area contributed by atoms with Gasteiger partial charge in [0.15, 0.2) is 0 Å². The lowest BCUT2D eigenvalue weighted by atomic mass is 9.93. The van der Waals surface area contributed by atoms with Gasteiger partial charge in [0.25, 0.3) is 0 Å². The second-order valence-corrected chi connectivity index (χ2v) is 2.94. The lowest BCUT2D eigenvalue weighted by Gasteiger charge is -2.21. The number of nitrogens with one attached hydrogen (secondary N) is 1. The lowest BCUT2D eigenvalue weighted by Crippen LogP contribution is -2.27. The van der Waals surface area contributed by atoms with Gasteiger partial charge in [0.05, 0.1) is 0 Å². The van der Waals surface area contributed by atoms with Crippen LogP contribution >= 0.6 is 12.4 Å². The number of hydrogen-bond acceptors (Lipinski definition) is 1. The summed E-state index contributed by atoms with van der Waals surface area (Å²) in [5, 5.41) is 3.34. The van der Waals surface area contributed by atoms with Crippen molar-refractivity contribution in [2.75, 3.05) is 13.1 Å². The van der Waals surface area contributed by atoms with Crippen LogP contribution in [0.5, 0.6) is 0 Å². The molecule has 2 heteroatoms. The summed E-state index contributed by atoms with van der Waals surface area (Å²) in [7, 11) is 0. The zero-order valence-electron chi connectivity index (χ0n) is 6.81. The Morgan fingerprint density at radius 3 is 2.55 bits per heavy atom. The van der Waals surface area contributed by atoms with Crippen molar-refractivity contribution in [3.05, 3.63) is 0 Å². The maximum atomic E-state index is 5.18. The quantitative estimate of drug-likeness (QED) is 0.629. The van der Waals surface area contributed by atoms with Crippen LogP contribution in [0.3, 0.4) is 0 Å². The average Bonchev–Trinajstić information content (AvgIpc) is 2.03. The van der Waals surface area contributed by atoms with Gasteiger partial charge in [0.2, 0.25) is 0 Å². The fraction of sp³-hybridized carbons (Fsp3) is 0.778. The van der Waals surface area contributed by atoms with Crippen molar-refractivity contribution in [2.45, 2.75) is 25.7 Å². The Balaban J connectivity index is 0.000001000. The fourth-order valence-corrected chi connectivity index (χ4v) is 1.46. The van der Waals surface area contributed by atoms with Crippen LogP contribution in [0, 0.1) is 18.3 Å². The summed E-state index contributed by atoms with van der Waals surface area (Å²) in [6, 6.07) is 0. The first-order valence-corrected chi connectivity index (χ1v) is 4.07. The van der Waals surface area contributed by atoms with Crippen LogP contribution in [0.2, 0.25) is 0 Å². The van der Waals surface area contributed by atoms with Crippen molar-refractivity contribution in [1.82, 2.24) is 5.32 Å². The van der Waals surface area contributed by atoms with Crippen LogP contribution in [-0.4, -0.2) is 13.1 Å². The highest BCUT2D eigenvalue weighted by Gasteiger charge is 2.10. The number of piperidine rings is 1. The summed E-state index contributed by atoms with van der Waals surface area (Å²) < 4.78 is 0. The Morgan fingerprint density at radius 1 is 1.36 bits per heavy atom. The molecule has 1 aliphatic rings. The van der Waals surface area contributed by atoms with E-state index in [1.807, 2.05) is 0 Å². The van der Waals surface area contributed by atoms with E-state index >= 15 is 0 Å². The molecule has 0 unspecified atom stereocenters. The standard InChI is InChI=1S/C9H15N.ClH/c1-2-3-4-9-5-7-10-8-6-9;/h1,9-10H,3-8H2;1H. The smallest absolute Gasteiger partial charge is 0.00887 e. The van der Waals surface area contributed by atoms with Gasteiger partial charge >= 0.3 is 0 Å². The first kappa shape index (κ1) is 10.8. The summed E-state index contributed by atoms with van der Waals surface area (Å²) in [6.45, 7) is 2.38. The largest absolute Gasteiger partial charge is 0.317 e. The molecule has 1 saturated heterocycles. The molecule has 1 nitrogen and oxygen atoms in total. The van der Waals surface area contributed by atoms with Crippen LogP contribution in [0.4, 0.5) is 0 Å². The third-order valence-electron chi connectivity index (χ3n) is 2.16. The summed E-state index contributed by atoms with van der Waals surface area (Å²) >= 11 is 0. The van der Waals surface area contributed by atoms with Crippen LogP contribution in [-0.2, 0) is 0 Å². The van der Waals surface area contributed by atoms with Crippen molar-refractivity contribution in [1.29, 1.82) is 0 Å². The summed E-state index contributed by atoms with van der Waals surface area (Å²) in [5.74, 6) is 3.59. The molecule has 1 N–H and O–H groups in total. The monoisotopic (exact) mass is 173 g/mol. The van der Waals surface area contributed by atoms with E-state index in [1.54, 1.807) is 0 Å². The highest BCUT2D eigenvalue weighted by Crippen LogP contribution is 2.16. The van der Waals surface area contributed by atoms with Gasteiger partial charge in [0, 0.05) is 6.42 Å². The van der Waals surface area contributed by atoms with Crippen molar-refractivity contribution in [3.8, 4) is 12.3 Å². The molecule has 0 spiro atoms. The Hall–Kier alpha value is -0.190. The number of rotatable bonds is 2. The van der Waals surface area contributed by atoms with Crippen LogP contribution in [0.15, 0.2) is 0 Å². The normalized spacial score (nSPS) is 18.5. The van der Waals surface area contributed by atoms with E-state index in [4.69, 9.17) is 6.42 Å². The Kier molecular flexibility index (Phi) is 6.40. The Labute approximate surface area is 75.4 Å². The zero-order chi connectivity index (χ0) is 7.23. The van der Waals surface area contributed by atoms with Crippen LogP contribution in [0.25, 0.3) is 0 Å². The van der Waals surface area contributed by atoms with E-state index in [-0.39, 0.29) is 12.4 Å². The molecule has 0 saturated carbocycles. The number of hydrogen-bond donors (Lipinski definition) is 1. The molecule has 0 radical (unpaired) electrons. The van der Waals surface area contributed by atoms with Gasteiger partial charge in [-0.3, -0.25) is 0 Å². The molecule has 11 heavy (non-hydrogen) atoms. The van der Waals surface area contributed by atoms with Crippen molar-refractivity contribution in [2.24, 2.45) is 5.92 Å². The second-order valence-electron chi connectivity index (χ2n) is 2.94. The highest BCUT2D eigenvalue weighted by atomic mass is 35.5. The van der Waals surface area contributed by atoms with E-state index in [2.05, 4.69) is 11.2 Å². The first-order chi connectivity index (χ1) is 4.93. The molecule has 0 aliphatic carbocycles. The van der Waals surface area contributed by atoms with Gasteiger partial charge in [-0.1, -0.05) is 0 Å². The van der Waals surface area contributed by atoms with Crippen LogP contribution in [0.1, 0.15) is 25.7 Å². The van der Waals surface area contributed by atoms with E-state index in [9.17, 15) is 0 Å². The molecule has 0 aromatic heterocycles. The lowest BCUT2D eigenvalue weighted by molar-refractivity contribution is 0.358. The minimum atomic E-state index is 0. The molecule has 64 valence electrons. The SMILES string of the molecule is C#CCCC1CCNCC1.Cl.